The van der Waals surface area contributed by atoms with E-state index in [1.165, 1.54) is 0 Å². The van der Waals surface area contributed by atoms with Gasteiger partial charge in [-0.3, -0.25) is 0 Å². The summed E-state index contributed by atoms with van der Waals surface area (Å²) in [6.45, 7) is 2.00. The van der Waals surface area contributed by atoms with Crippen molar-refractivity contribution in [3.05, 3.63) is 36.0 Å². The molecule has 0 amide bonds. The number of rotatable bonds is 7. The summed E-state index contributed by atoms with van der Waals surface area (Å²) in [6, 6.07) is 8.80. The van der Waals surface area contributed by atoms with Crippen molar-refractivity contribution in [2.24, 2.45) is 0 Å². The second-order valence-corrected chi connectivity index (χ2v) is 9.58. The number of hydrogen-bond acceptors (Lipinski definition) is 7. The van der Waals surface area contributed by atoms with Crippen LogP contribution in [0, 0.1) is 0 Å². The molecule has 28 heavy (non-hydrogen) atoms. The standard InChI is InChI=1S/C18H23N5O3S2/c1-2-28(25,26)18(7-8-18)14-11-15(19)23-16(22-14)12-3-5-13(6-4-12)21-17(27)20-9-10-24/h3-6,11,24H,2,7-10H2,1H3,(H2,19,22,23)(H2,20,21,27). The van der Waals surface area contributed by atoms with Gasteiger partial charge >= 0.3 is 0 Å². The number of aromatic nitrogens is 2. The molecule has 0 bridgehead atoms. The van der Waals surface area contributed by atoms with Crippen LogP contribution in [0.4, 0.5) is 11.5 Å². The van der Waals surface area contributed by atoms with E-state index in [-0.39, 0.29) is 18.2 Å². The first-order chi connectivity index (χ1) is 13.3. The highest BCUT2D eigenvalue weighted by molar-refractivity contribution is 7.92. The van der Waals surface area contributed by atoms with Gasteiger partial charge in [0.25, 0.3) is 0 Å². The SMILES string of the molecule is CCS(=O)(=O)C1(c2cc(N)nc(-c3ccc(NC(=S)NCCO)cc3)n2)CC1. The van der Waals surface area contributed by atoms with Gasteiger partial charge in [-0.25, -0.2) is 18.4 Å². The van der Waals surface area contributed by atoms with Crippen LogP contribution in [0.25, 0.3) is 11.4 Å². The Morgan fingerprint density at radius 2 is 1.96 bits per heavy atom. The van der Waals surface area contributed by atoms with Gasteiger partial charge in [-0.2, -0.15) is 0 Å². The third-order valence-corrected chi connectivity index (χ3v) is 7.51. The van der Waals surface area contributed by atoms with E-state index >= 15 is 0 Å². The molecule has 8 nitrogen and oxygen atoms in total. The molecule has 0 spiro atoms. The molecule has 0 radical (unpaired) electrons. The minimum Gasteiger partial charge on any atom is -0.395 e. The van der Waals surface area contributed by atoms with Crippen molar-refractivity contribution in [1.29, 1.82) is 0 Å². The van der Waals surface area contributed by atoms with E-state index in [0.29, 0.717) is 36.0 Å². The van der Waals surface area contributed by atoms with Crippen LogP contribution in [0.5, 0.6) is 0 Å². The minimum absolute atomic E-state index is 0.00883. The Morgan fingerprint density at radius 1 is 1.29 bits per heavy atom. The number of nitrogens with zero attached hydrogens (tertiary/aromatic N) is 2. The van der Waals surface area contributed by atoms with Crippen LogP contribution < -0.4 is 16.4 Å². The number of nitrogens with one attached hydrogen (secondary N) is 2. The smallest absolute Gasteiger partial charge is 0.170 e. The van der Waals surface area contributed by atoms with E-state index in [1.807, 2.05) is 24.3 Å². The molecule has 0 aliphatic heterocycles. The molecule has 0 saturated heterocycles. The Labute approximate surface area is 169 Å². The maximum atomic E-state index is 12.5. The molecule has 0 atom stereocenters. The largest absolute Gasteiger partial charge is 0.395 e. The number of aliphatic hydroxyl groups is 1. The fourth-order valence-corrected chi connectivity index (χ4v) is 4.91. The van der Waals surface area contributed by atoms with E-state index < -0.39 is 14.6 Å². The zero-order valence-electron chi connectivity index (χ0n) is 15.5. The summed E-state index contributed by atoms with van der Waals surface area (Å²) in [4.78, 5) is 8.80. The van der Waals surface area contributed by atoms with Crippen molar-refractivity contribution in [3.63, 3.8) is 0 Å². The van der Waals surface area contributed by atoms with Gasteiger partial charge in [0.05, 0.1) is 12.3 Å². The number of sulfone groups is 1. The van der Waals surface area contributed by atoms with Gasteiger partial charge in [0, 0.05) is 29.6 Å². The third-order valence-electron chi connectivity index (χ3n) is 4.69. The summed E-state index contributed by atoms with van der Waals surface area (Å²) in [6.07, 6.45) is 1.11. The quantitative estimate of drug-likeness (QED) is 0.490. The van der Waals surface area contributed by atoms with Gasteiger partial charge in [-0.1, -0.05) is 6.92 Å². The second-order valence-electron chi connectivity index (χ2n) is 6.58. The van der Waals surface area contributed by atoms with Crippen LogP contribution in [0.15, 0.2) is 30.3 Å². The number of aliphatic hydroxyl groups excluding tert-OH is 1. The van der Waals surface area contributed by atoms with E-state index in [9.17, 15) is 8.42 Å². The molecular formula is C18H23N5O3S2. The third kappa shape index (κ3) is 4.08. The first-order valence-corrected chi connectivity index (χ1v) is 11.0. The fraction of sp³-hybridized carbons (Fsp3) is 0.389. The number of anilines is 2. The molecule has 150 valence electrons. The maximum Gasteiger partial charge on any atom is 0.170 e. The van der Waals surface area contributed by atoms with E-state index in [1.54, 1.807) is 13.0 Å². The summed E-state index contributed by atoms with van der Waals surface area (Å²) in [5, 5.41) is 15.1. The van der Waals surface area contributed by atoms with Crippen LogP contribution in [0.2, 0.25) is 0 Å². The summed E-state index contributed by atoms with van der Waals surface area (Å²) in [5.74, 6) is 0.700. The lowest BCUT2D eigenvalue weighted by atomic mass is 10.1. The van der Waals surface area contributed by atoms with Crippen LogP contribution in [-0.4, -0.2) is 47.5 Å². The van der Waals surface area contributed by atoms with E-state index in [0.717, 1.165) is 11.3 Å². The Morgan fingerprint density at radius 3 is 2.54 bits per heavy atom. The maximum absolute atomic E-state index is 12.5. The van der Waals surface area contributed by atoms with Crippen LogP contribution >= 0.6 is 12.2 Å². The Hall–Kier alpha value is -2.30. The van der Waals surface area contributed by atoms with Gasteiger partial charge in [-0.15, -0.1) is 0 Å². The molecule has 5 N–H and O–H groups in total. The number of nitrogens with two attached hydrogens (primary N) is 1. The zero-order chi connectivity index (χ0) is 20.4. The molecule has 1 aromatic carbocycles. The number of benzene rings is 1. The molecule has 1 aliphatic rings. The van der Waals surface area contributed by atoms with Gasteiger partial charge < -0.3 is 21.5 Å². The highest BCUT2D eigenvalue weighted by Gasteiger charge is 2.56. The average Bonchev–Trinajstić information content (AvgIpc) is 3.49. The van der Waals surface area contributed by atoms with Crippen LogP contribution in [0.3, 0.4) is 0 Å². The first kappa shape index (κ1) is 20.4. The predicted octanol–water partition coefficient (Wildman–Crippen LogP) is 1.43. The number of nitrogen functional groups attached to an aromatic ring is 1. The first-order valence-electron chi connectivity index (χ1n) is 8.95. The number of thiocarbonyl (C=S) groups is 1. The Balaban J connectivity index is 1.85. The fourth-order valence-electron chi connectivity index (χ4n) is 2.99. The lowest BCUT2D eigenvalue weighted by molar-refractivity contribution is 0.301. The molecule has 1 aliphatic carbocycles. The molecule has 2 aromatic rings. The lowest BCUT2D eigenvalue weighted by Gasteiger charge is -2.16. The lowest BCUT2D eigenvalue weighted by Crippen LogP contribution is -2.30. The van der Waals surface area contributed by atoms with Gasteiger partial charge in [0.15, 0.2) is 20.8 Å². The summed E-state index contributed by atoms with van der Waals surface area (Å²) < 4.78 is 24.1. The van der Waals surface area contributed by atoms with E-state index in [2.05, 4.69) is 20.6 Å². The van der Waals surface area contributed by atoms with Gasteiger partial charge in [0.2, 0.25) is 0 Å². The second kappa shape index (κ2) is 7.98. The minimum atomic E-state index is -3.28. The summed E-state index contributed by atoms with van der Waals surface area (Å²) in [5.41, 5.74) is 7.89. The van der Waals surface area contributed by atoms with Crippen LogP contribution in [-0.2, 0) is 14.6 Å². The molecule has 1 saturated carbocycles. The van der Waals surface area contributed by atoms with Crippen LogP contribution in [0.1, 0.15) is 25.5 Å². The molecule has 3 rings (SSSR count). The molecule has 1 fully saturated rings. The van der Waals surface area contributed by atoms with E-state index in [4.69, 9.17) is 23.1 Å². The average molecular weight is 422 g/mol. The molecule has 0 unspecified atom stereocenters. The number of hydrogen-bond donors (Lipinski definition) is 4. The monoisotopic (exact) mass is 421 g/mol. The Bertz CT molecular complexity index is 973. The highest BCUT2D eigenvalue weighted by Crippen LogP contribution is 2.52. The molecule has 1 heterocycles. The topological polar surface area (TPSA) is 130 Å². The van der Waals surface area contributed by atoms with Gasteiger partial charge in [0.1, 0.15) is 10.6 Å². The Kier molecular flexibility index (Phi) is 5.82. The normalized spacial score (nSPS) is 15.1. The molecule has 10 heteroatoms. The highest BCUT2D eigenvalue weighted by atomic mass is 32.2. The van der Waals surface area contributed by atoms with Crippen molar-refractivity contribution >= 4 is 38.7 Å². The van der Waals surface area contributed by atoms with Crippen molar-refractivity contribution in [2.75, 3.05) is 30.0 Å². The van der Waals surface area contributed by atoms with Crippen molar-refractivity contribution < 1.29 is 13.5 Å². The van der Waals surface area contributed by atoms with Crippen molar-refractivity contribution in [1.82, 2.24) is 15.3 Å². The predicted molar refractivity (Wildman–Crippen MR) is 114 cm³/mol. The zero-order valence-corrected chi connectivity index (χ0v) is 17.1. The summed E-state index contributed by atoms with van der Waals surface area (Å²) >= 11 is 5.12. The molecular weight excluding hydrogens is 398 g/mol. The van der Waals surface area contributed by atoms with Crippen molar-refractivity contribution in [3.8, 4) is 11.4 Å². The van der Waals surface area contributed by atoms with Crippen molar-refractivity contribution in [2.45, 2.75) is 24.5 Å². The summed E-state index contributed by atoms with van der Waals surface area (Å²) in [7, 11) is -3.28. The molecule has 1 aromatic heterocycles. The van der Waals surface area contributed by atoms with Gasteiger partial charge in [-0.05, 0) is 49.3 Å².